The van der Waals surface area contributed by atoms with Crippen LogP contribution in [0.25, 0.3) is 16.6 Å². The van der Waals surface area contributed by atoms with Crippen LogP contribution in [0.5, 0.6) is 0 Å². The third kappa shape index (κ3) is 3.96. The van der Waals surface area contributed by atoms with Crippen LogP contribution in [0.3, 0.4) is 0 Å². The molecular weight excluding hydrogens is 441 g/mol. The number of fused-ring (bicyclic) bond motifs is 5. The van der Waals surface area contributed by atoms with Crippen LogP contribution in [0.4, 0.5) is 4.39 Å². The van der Waals surface area contributed by atoms with Gasteiger partial charge in [-0.15, -0.1) is 0 Å². The summed E-state index contributed by atoms with van der Waals surface area (Å²) < 4.78 is 16.7. The fourth-order valence-corrected chi connectivity index (χ4v) is 8.12. The zero-order valence-electron chi connectivity index (χ0n) is 21.7. The molecule has 6 rings (SSSR count). The Morgan fingerprint density at radius 1 is 1.11 bits per heavy atom. The fraction of sp³-hybridized carbons (Fsp3) is 0.690. The summed E-state index contributed by atoms with van der Waals surface area (Å²) in [7, 11) is 3.75. The van der Waals surface area contributed by atoms with Crippen LogP contribution in [0.15, 0.2) is 24.3 Å². The second kappa shape index (κ2) is 8.97. The summed E-state index contributed by atoms with van der Waals surface area (Å²) in [6.07, 6.45) is 8.15. The molecule has 1 aromatic heterocycles. The van der Waals surface area contributed by atoms with E-state index in [4.69, 9.17) is 0 Å². The number of aromatic amines is 1. The predicted molar refractivity (Wildman–Crippen MR) is 139 cm³/mol. The number of H-pyrrole nitrogens is 1. The Morgan fingerprint density at radius 3 is 2.66 bits per heavy atom. The molecule has 4 aliphatic rings. The number of nitrogens with one attached hydrogen (secondary N) is 2. The van der Waals surface area contributed by atoms with Crippen molar-refractivity contribution in [2.75, 3.05) is 14.1 Å². The lowest BCUT2D eigenvalue weighted by Gasteiger charge is -2.56. The number of benzene rings is 1. The van der Waals surface area contributed by atoms with Gasteiger partial charge in [0.1, 0.15) is 17.1 Å². The van der Waals surface area contributed by atoms with Crippen LogP contribution in [0.1, 0.15) is 76.1 Å². The molecule has 2 aromatic rings. The first-order chi connectivity index (χ1) is 16.6. The number of aliphatic hydroxyl groups excluding tert-OH is 1. The maximum atomic E-state index is 16.7. The van der Waals surface area contributed by atoms with Crippen molar-refractivity contribution in [1.82, 2.24) is 15.3 Å². The van der Waals surface area contributed by atoms with E-state index in [0.29, 0.717) is 31.6 Å². The normalized spacial score (nSPS) is 40.6. The van der Waals surface area contributed by atoms with Crippen molar-refractivity contribution >= 4 is 16.6 Å². The lowest BCUT2D eigenvalue weighted by atomic mass is 9.53. The molecule has 1 heterocycles. The van der Waals surface area contributed by atoms with Crippen molar-refractivity contribution in [3.63, 3.8) is 0 Å². The van der Waals surface area contributed by atoms with Gasteiger partial charge in [0.2, 0.25) is 0 Å². The molecule has 0 amide bonds. The number of alkyl halides is 1. The molecule has 3 fully saturated rings. The van der Waals surface area contributed by atoms with Crippen LogP contribution in [-0.2, 0) is 0 Å². The van der Waals surface area contributed by atoms with Gasteiger partial charge in [0, 0.05) is 5.92 Å². The van der Waals surface area contributed by atoms with E-state index in [1.54, 1.807) is 0 Å². The van der Waals surface area contributed by atoms with E-state index in [1.807, 2.05) is 21.0 Å². The Labute approximate surface area is 208 Å². The molecule has 35 heavy (non-hydrogen) atoms. The van der Waals surface area contributed by atoms with Crippen molar-refractivity contribution in [3.05, 3.63) is 35.7 Å². The van der Waals surface area contributed by atoms with Gasteiger partial charge in [0.15, 0.2) is 0 Å². The number of aryl methyl sites for hydroxylation is 1. The molecule has 0 radical (unpaired) electrons. The predicted octanol–water partition coefficient (Wildman–Crippen LogP) is 5.31. The minimum Gasteiger partial charge on any atom is -0.393 e. The molecule has 192 valence electrons. The van der Waals surface area contributed by atoms with E-state index in [2.05, 4.69) is 46.5 Å². The Morgan fingerprint density at radius 2 is 1.89 bits per heavy atom. The number of aliphatic hydroxyl groups is 2. The SMILES string of the molecule is CNC.Cc1nc2ccc(C3=CCC4C3(C)CCC3(F)CC5CC(O)CCC5CC[C@]43O)cc2[nH]1. The Hall–Kier alpha value is -1.76. The van der Waals surface area contributed by atoms with Crippen LogP contribution < -0.4 is 5.32 Å². The summed E-state index contributed by atoms with van der Waals surface area (Å²) in [4.78, 5) is 7.86. The topological polar surface area (TPSA) is 81.2 Å². The van der Waals surface area contributed by atoms with Crippen molar-refractivity contribution < 1.29 is 14.6 Å². The summed E-state index contributed by atoms with van der Waals surface area (Å²) in [5.41, 5.74) is 1.32. The first kappa shape index (κ1) is 24.9. The Bertz CT molecular complexity index is 1110. The summed E-state index contributed by atoms with van der Waals surface area (Å²) in [5.74, 6) is 1.43. The number of halogens is 1. The van der Waals surface area contributed by atoms with E-state index in [-0.39, 0.29) is 23.4 Å². The molecule has 6 heteroatoms. The molecule has 0 bridgehead atoms. The zero-order chi connectivity index (χ0) is 25.0. The first-order valence-corrected chi connectivity index (χ1v) is 13.5. The lowest BCUT2D eigenvalue weighted by molar-refractivity contribution is -0.195. The van der Waals surface area contributed by atoms with Crippen LogP contribution >= 0.6 is 0 Å². The van der Waals surface area contributed by atoms with Crippen molar-refractivity contribution in [2.24, 2.45) is 23.2 Å². The van der Waals surface area contributed by atoms with Crippen molar-refractivity contribution in [3.8, 4) is 0 Å². The molecule has 0 saturated heterocycles. The lowest BCUT2D eigenvalue weighted by Crippen LogP contribution is -2.62. The van der Waals surface area contributed by atoms with Gasteiger partial charge in [-0.2, -0.15) is 0 Å². The highest BCUT2D eigenvalue weighted by molar-refractivity contribution is 5.83. The fourth-order valence-electron chi connectivity index (χ4n) is 8.12. The monoisotopic (exact) mass is 483 g/mol. The van der Waals surface area contributed by atoms with Crippen molar-refractivity contribution in [1.29, 1.82) is 0 Å². The van der Waals surface area contributed by atoms with Gasteiger partial charge >= 0.3 is 0 Å². The quantitative estimate of drug-likeness (QED) is 0.443. The zero-order valence-corrected chi connectivity index (χ0v) is 21.7. The average Bonchev–Trinajstić information content (AvgIpc) is 3.32. The molecule has 6 unspecified atom stereocenters. The third-order valence-corrected chi connectivity index (χ3v) is 9.84. The maximum Gasteiger partial charge on any atom is 0.140 e. The number of aromatic nitrogens is 2. The molecule has 0 spiro atoms. The Balaban J connectivity index is 0.000000806. The molecule has 0 aliphatic heterocycles. The van der Waals surface area contributed by atoms with Crippen LogP contribution in [-0.4, -0.2) is 51.7 Å². The third-order valence-electron chi connectivity index (χ3n) is 9.84. The molecule has 3 saturated carbocycles. The number of hydrogen-bond acceptors (Lipinski definition) is 4. The summed E-state index contributed by atoms with van der Waals surface area (Å²) >= 11 is 0. The summed E-state index contributed by atoms with van der Waals surface area (Å²) in [6, 6.07) is 6.36. The van der Waals surface area contributed by atoms with E-state index in [1.165, 1.54) is 5.57 Å². The van der Waals surface area contributed by atoms with E-state index >= 15 is 4.39 Å². The highest BCUT2D eigenvalue weighted by Gasteiger charge is 2.66. The Kier molecular flexibility index (Phi) is 6.38. The maximum absolute atomic E-state index is 16.7. The highest BCUT2D eigenvalue weighted by atomic mass is 19.1. The van der Waals surface area contributed by atoms with E-state index < -0.39 is 11.3 Å². The molecular formula is C29H42FN3O2. The molecule has 4 aliphatic carbocycles. The summed E-state index contributed by atoms with van der Waals surface area (Å²) in [6.45, 7) is 4.21. The number of rotatable bonds is 1. The first-order valence-electron chi connectivity index (χ1n) is 13.5. The van der Waals surface area contributed by atoms with E-state index in [0.717, 1.165) is 54.5 Å². The van der Waals surface area contributed by atoms with Gasteiger partial charge in [0.05, 0.1) is 17.1 Å². The van der Waals surface area contributed by atoms with Gasteiger partial charge in [-0.1, -0.05) is 19.1 Å². The van der Waals surface area contributed by atoms with Gasteiger partial charge in [-0.05, 0) is 119 Å². The van der Waals surface area contributed by atoms with Gasteiger partial charge < -0.3 is 20.5 Å². The minimum atomic E-state index is -1.55. The van der Waals surface area contributed by atoms with Gasteiger partial charge in [-0.25, -0.2) is 9.37 Å². The number of nitrogens with zero attached hydrogens (tertiary/aromatic N) is 1. The van der Waals surface area contributed by atoms with Crippen LogP contribution in [0, 0.1) is 30.1 Å². The second-order valence-electron chi connectivity index (χ2n) is 12.0. The largest absolute Gasteiger partial charge is 0.393 e. The number of hydrogen-bond donors (Lipinski definition) is 4. The van der Waals surface area contributed by atoms with E-state index in [9.17, 15) is 10.2 Å². The van der Waals surface area contributed by atoms with Crippen molar-refractivity contribution in [2.45, 2.75) is 89.0 Å². The molecule has 4 N–H and O–H groups in total. The van der Waals surface area contributed by atoms with Crippen LogP contribution in [0.2, 0.25) is 0 Å². The smallest absolute Gasteiger partial charge is 0.140 e. The average molecular weight is 484 g/mol. The summed E-state index contributed by atoms with van der Waals surface area (Å²) in [5, 5.41) is 25.1. The molecule has 1 aromatic carbocycles. The highest BCUT2D eigenvalue weighted by Crippen LogP contribution is 2.66. The minimum absolute atomic E-state index is 0.104. The van der Waals surface area contributed by atoms with Gasteiger partial charge in [-0.3, -0.25) is 0 Å². The standard InChI is InChI=1S/C27H35FN2O2.C2H7N/c1-16-29-22-7-4-18(14-23(22)30-16)21-6-8-24-25(21,2)11-12-26(28)15-19-13-20(31)5-3-17(19)9-10-27(24,26)32;1-3-2/h4,6-7,14,17,19-20,24,31-32H,3,5,8-13,15H2,1-2H3,(H,29,30);3H,1-2H3/t17?,19?,20?,24?,25?,26?,27-;/m0./s1. The number of imidazole rings is 1. The second-order valence-corrected chi connectivity index (χ2v) is 12.0. The molecule has 5 nitrogen and oxygen atoms in total. The van der Waals surface area contributed by atoms with Gasteiger partial charge in [0.25, 0.3) is 0 Å². The molecule has 7 atom stereocenters. The number of allylic oxidation sites excluding steroid dienone is 2.